The fraction of sp³-hybridized carbons (Fsp3) is 0.579. The molecule has 0 aromatic carbocycles. The van der Waals surface area contributed by atoms with Gasteiger partial charge in [0.05, 0.1) is 6.20 Å². The lowest BCUT2D eigenvalue weighted by molar-refractivity contribution is -0.128. The highest BCUT2D eigenvalue weighted by molar-refractivity contribution is 6.32. The van der Waals surface area contributed by atoms with Gasteiger partial charge in [-0.05, 0) is 37.5 Å². The van der Waals surface area contributed by atoms with Crippen molar-refractivity contribution < 1.29 is 4.79 Å². The van der Waals surface area contributed by atoms with Crippen LogP contribution in [0, 0.1) is 11.8 Å². The zero-order chi connectivity index (χ0) is 19.3. The Balaban J connectivity index is 1.23. The number of likely N-dealkylation sites (tertiary alicyclic amines) is 1. The topological polar surface area (TPSA) is 98.8 Å². The first kappa shape index (κ1) is 17.7. The zero-order valence-electron chi connectivity index (χ0n) is 15.8. The van der Waals surface area contributed by atoms with Gasteiger partial charge in [-0.1, -0.05) is 11.6 Å². The highest BCUT2D eigenvalue weighted by Gasteiger charge is 2.41. The molecule has 28 heavy (non-hydrogen) atoms. The average Bonchev–Trinajstić information content (AvgIpc) is 3.08. The molecule has 1 aliphatic heterocycles. The van der Waals surface area contributed by atoms with E-state index in [1.807, 2.05) is 11.0 Å². The molecule has 3 atom stereocenters. The first-order chi connectivity index (χ1) is 13.5. The van der Waals surface area contributed by atoms with Gasteiger partial charge in [-0.3, -0.25) is 9.89 Å². The second kappa shape index (κ2) is 6.92. The van der Waals surface area contributed by atoms with Crippen molar-refractivity contribution in [2.24, 2.45) is 11.8 Å². The van der Waals surface area contributed by atoms with Gasteiger partial charge in [-0.2, -0.15) is 10.1 Å². The molecule has 2 aliphatic carbocycles. The maximum absolute atomic E-state index is 11.6. The number of halogens is 1. The largest absolute Gasteiger partial charge is 0.366 e. The van der Waals surface area contributed by atoms with Gasteiger partial charge in [0.25, 0.3) is 0 Å². The molecule has 5 rings (SSSR count). The molecular weight excluding hydrogens is 378 g/mol. The maximum atomic E-state index is 11.6. The summed E-state index contributed by atoms with van der Waals surface area (Å²) in [4.78, 5) is 22.4. The van der Waals surface area contributed by atoms with Crippen LogP contribution < -0.4 is 10.6 Å². The van der Waals surface area contributed by atoms with Crippen molar-refractivity contribution in [2.75, 3.05) is 23.7 Å². The van der Waals surface area contributed by atoms with Gasteiger partial charge < -0.3 is 15.5 Å². The van der Waals surface area contributed by atoms with Crippen molar-refractivity contribution in [3.05, 3.63) is 23.0 Å². The number of nitrogens with zero attached hydrogens (tertiary/aromatic N) is 4. The van der Waals surface area contributed by atoms with Gasteiger partial charge in [0.2, 0.25) is 11.9 Å². The molecule has 9 heteroatoms. The van der Waals surface area contributed by atoms with Gasteiger partial charge >= 0.3 is 0 Å². The molecule has 3 N–H and O–H groups in total. The van der Waals surface area contributed by atoms with E-state index in [9.17, 15) is 4.79 Å². The van der Waals surface area contributed by atoms with Crippen molar-refractivity contribution in [2.45, 2.75) is 44.6 Å². The number of fused-ring (bicyclic) bond motifs is 1. The van der Waals surface area contributed by atoms with Crippen molar-refractivity contribution in [1.82, 2.24) is 25.1 Å². The molecule has 1 saturated heterocycles. The summed E-state index contributed by atoms with van der Waals surface area (Å²) >= 11 is 6.33. The third-order valence-electron chi connectivity index (χ3n) is 6.14. The zero-order valence-corrected chi connectivity index (χ0v) is 16.5. The fourth-order valence-electron chi connectivity index (χ4n) is 4.52. The van der Waals surface area contributed by atoms with E-state index in [0.717, 1.165) is 37.4 Å². The second-order valence-electron chi connectivity index (χ2n) is 8.25. The van der Waals surface area contributed by atoms with Gasteiger partial charge in [-0.25, -0.2) is 4.98 Å². The third kappa shape index (κ3) is 3.53. The Kier molecular flexibility index (Phi) is 4.38. The Bertz CT molecular complexity index is 882. The molecule has 0 bridgehead atoms. The summed E-state index contributed by atoms with van der Waals surface area (Å²) in [5.74, 6) is 3.75. The van der Waals surface area contributed by atoms with E-state index in [4.69, 9.17) is 11.6 Å². The number of hydrogen-bond donors (Lipinski definition) is 3. The lowest BCUT2D eigenvalue weighted by Crippen LogP contribution is -2.29. The first-order valence-electron chi connectivity index (χ1n) is 9.92. The van der Waals surface area contributed by atoms with E-state index in [1.54, 1.807) is 13.1 Å². The van der Waals surface area contributed by atoms with E-state index in [0.29, 0.717) is 40.6 Å². The Morgan fingerprint density at radius 3 is 2.71 bits per heavy atom. The molecular formula is C19H24ClN7O. The molecule has 148 valence electrons. The monoisotopic (exact) mass is 401 g/mol. The number of carbonyl (C=O) groups excluding carboxylic acids is 1. The smallest absolute Gasteiger partial charge is 0.230 e. The van der Waals surface area contributed by atoms with Crippen LogP contribution in [0.3, 0.4) is 0 Å². The predicted molar refractivity (Wildman–Crippen MR) is 107 cm³/mol. The molecule has 3 aliphatic rings. The number of aromatic nitrogens is 4. The molecule has 0 radical (unpaired) electrons. The van der Waals surface area contributed by atoms with E-state index in [1.165, 1.54) is 12.8 Å². The lowest BCUT2D eigenvalue weighted by atomic mass is 10.0. The van der Waals surface area contributed by atoms with Crippen LogP contribution >= 0.6 is 11.6 Å². The van der Waals surface area contributed by atoms with Crippen molar-refractivity contribution in [3.8, 4) is 0 Å². The number of hydrogen-bond acceptors (Lipinski definition) is 6. The Hall–Kier alpha value is -2.35. The summed E-state index contributed by atoms with van der Waals surface area (Å²) in [6.45, 7) is 3.38. The van der Waals surface area contributed by atoms with Crippen LogP contribution in [0.1, 0.15) is 44.2 Å². The number of nitrogens with one attached hydrogen (secondary N) is 3. The quantitative estimate of drug-likeness (QED) is 0.711. The van der Waals surface area contributed by atoms with E-state index < -0.39 is 0 Å². The number of anilines is 3. The van der Waals surface area contributed by atoms with Gasteiger partial charge in [-0.15, -0.1) is 0 Å². The van der Waals surface area contributed by atoms with Crippen molar-refractivity contribution in [3.63, 3.8) is 0 Å². The van der Waals surface area contributed by atoms with Crippen LogP contribution in [-0.2, 0) is 4.79 Å². The molecule has 2 unspecified atom stereocenters. The van der Waals surface area contributed by atoms with Crippen LogP contribution in [0.15, 0.2) is 12.3 Å². The summed E-state index contributed by atoms with van der Waals surface area (Å²) < 4.78 is 0. The van der Waals surface area contributed by atoms with Gasteiger partial charge in [0, 0.05) is 43.7 Å². The number of aromatic amines is 1. The molecule has 2 aromatic heterocycles. The SMILES string of the molecule is CC(=O)N1CC2CC(Nc3nc(Nc4cc(C5CC5)[nH]n4)ncc3Cl)C[C@H]2C1. The highest BCUT2D eigenvalue weighted by atomic mass is 35.5. The van der Waals surface area contributed by atoms with Crippen molar-refractivity contribution >= 4 is 35.1 Å². The molecule has 0 spiro atoms. The van der Waals surface area contributed by atoms with Crippen LogP contribution in [0.5, 0.6) is 0 Å². The number of carbonyl (C=O) groups is 1. The van der Waals surface area contributed by atoms with Crippen LogP contribution in [0.2, 0.25) is 5.02 Å². The summed E-state index contributed by atoms with van der Waals surface area (Å²) in [5.41, 5.74) is 1.16. The predicted octanol–water partition coefficient (Wildman–Crippen LogP) is 3.14. The average molecular weight is 402 g/mol. The normalized spacial score (nSPS) is 26.4. The number of rotatable bonds is 5. The van der Waals surface area contributed by atoms with Crippen LogP contribution in [-0.4, -0.2) is 50.1 Å². The summed E-state index contributed by atoms with van der Waals surface area (Å²) in [7, 11) is 0. The fourth-order valence-corrected chi connectivity index (χ4v) is 4.66. The number of amides is 1. The summed E-state index contributed by atoms with van der Waals surface area (Å²) in [6, 6.07) is 2.33. The van der Waals surface area contributed by atoms with Gasteiger partial charge in [0.15, 0.2) is 11.6 Å². The van der Waals surface area contributed by atoms with Crippen LogP contribution in [0.25, 0.3) is 0 Å². The molecule has 8 nitrogen and oxygen atoms in total. The second-order valence-corrected chi connectivity index (χ2v) is 8.66. The van der Waals surface area contributed by atoms with E-state index >= 15 is 0 Å². The van der Waals surface area contributed by atoms with Crippen LogP contribution in [0.4, 0.5) is 17.6 Å². The maximum Gasteiger partial charge on any atom is 0.230 e. The van der Waals surface area contributed by atoms with Crippen molar-refractivity contribution in [1.29, 1.82) is 0 Å². The van der Waals surface area contributed by atoms with E-state index in [-0.39, 0.29) is 5.91 Å². The molecule has 1 amide bonds. The minimum atomic E-state index is 0.177. The summed E-state index contributed by atoms with van der Waals surface area (Å²) in [5, 5.41) is 14.5. The number of H-pyrrole nitrogens is 1. The Morgan fingerprint density at radius 2 is 2.04 bits per heavy atom. The third-order valence-corrected chi connectivity index (χ3v) is 6.41. The first-order valence-corrected chi connectivity index (χ1v) is 10.3. The Labute approximate surface area is 168 Å². The van der Waals surface area contributed by atoms with E-state index in [2.05, 4.69) is 30.8 Å². The lowest BCUT2D eigenvalue weighted by Gasteiger charge is -2.19. The minimum absolute atomic E-state index is 0.177. The minimum Gasteiger partial charge on any atom is -0.366 e. The summed E-state index contributed by atoms with van der Waals surface area (Å²) in [6.07, 6.45) is 6.12. The molecule has 2 aromatic rings. The molecule has 3 fully saturated rings. The standard InChI is InChI=1S/C19H24ClN7O/c1-10(28)27-8-12-4-14(5-13(12)9-27)22-18-15(20)7-21-19(24-18)23-17-6-16(25-26-17)11-2-3-11/h6-7,11-14H,2-5,8-9H2,1H3,(H3,21,22,23,24,25,26)/t12-,13?,14?/m0/s1. The van der Waals surface area contributed by atoms with Gasteiger partial charge in [0.1, 0.15) is 5.02 Å². The molecule has 2 saturated carbocycles. The highest BCUT2D eigenvalue weighted by Crippen LogP contribution is 2.40. The Morgan fingerprint density at radius 1 is 1.29 bits per heavy atom. The molecule has 3 heterocycles.